The Balaban J connectivity index is 0.00000220. The predicted molar refractivity (Wildman–Crippen MR) is 75.7 cm³/mol. The van der Waals surface area contributed by atoms with E-state index in [2.05, 4.69) is 0 Å². The molecule has 0 aliphatic carbocycles. The first-order valence-electron chi connectivity index (χ1n) is 5.10. The second-order valence-electron chi connectivity index (χ2n) is 3.65. The average Bonchev–Trinajstić information content (AvgIpc) is 2.80. The lowest BCUT2D eigenvalue weighted by Crippen LogP contribution is -2.14. The lowest BCUT2D eigenvalue weighted by Gasteiger charge is -2.07. The van der Waals surface area contributed by atoms with Crippen LogP contribution in [0.4, 0.5) is 14.5 Å². The van der Waals surface area contributed by atoms with Crippen LogP contribution in [0, 0.1) is 11.6 Å². The molecule has 0 aliphatic heterocycles. The summed E-state index contributed by atoms with van der Waals surface area (Å²) < 4.78 is 51.7. The summed E-state index contributed by atoms with van der Waals surface area (Å²) in [5.74, 6) is -3.77. The molecule has 10 heteroatoms. The molecule has 0 atom stereocenters. The minimum atomic E-state index is -4.19. The Bertz CT molecular complexity index is 776. The lowest BCUT2D eigenvalue weighted by molar-refractivity contribution is 0.0703. The number of nitrogens with one attached hydrogen (secondary N) is 1. The number of benzene rings is 1. The normalized spacial score (nSPS) is 10.8. The zero-order chi connectivity index (χ0) is 14.9. The first-order valence-corrected chi connectivity index (χ1v) is 7.46. The van der Waals surface area contributed by atoms with E-state index in [0.29, 0.717) is 12.1 Å². The van der Waals surface area contributed by atoms with Crippen LogP contribution >= 0.6 is 23.7 Å². The van der Waals surface area contributed by atoms with Gasteiger partial charge in [0.15, 0.2) is 11.6 Å². The Kier molecular flexibility index (Phi) is 5.26. The van der Waals surface area contributed by atoms with E-state index >= 15 is 0 Å². The van der Waals surface area contributed by atoms with Crippen LogP contribution in [-0.2, 0) is 10.0 Å². The largest absolute Gasteiger partial charge is 0.477 e. The molecule has 114 valence electrons. The van der Waals surface area contributed by atoms with E-state index in [0.717, 1.165) is 17.4 Å². The monoisotopic (exact) mass is 355 g/mol. The number of thiophene rings is 1. The predicted octanol–water partition coefficient (Wildman–Crippen LogP) is 2.95. The Morgan fingerprint density at radius 3 is 2.43 bits per heavy atom. The van der Waals surface area contributed by atoms with E-state index in [1.54, 1.807) is 0 Å². The van der Waals surface area contributed by atoms with Crippen molar-refractivity contribution in [3.63, 3.8) is 0 Å². The van der Waals surface area contributed by atoms with Crippen molar-refractivity contribution in [3.8, 4) is 0 Å². The van der Waals surface area contributed by atoms with Crippen LogP contribution in [-0.4, -0.2) is 19.5 Å². The summed E-state index contributed by atoms with van der Waals surface area (Å²) in [5, 5.41) is 10.3. The van der Waals surface area contributed by atoms with Gasteiger partial charge in [-0.2, -0.15) is 0 Å². The molecule has 0 aliphatic rings. The maximum Gasteiger partial charge on any atom is 0.348 e. The van der Waals surface area contributed by atoms with E-state index in [-0.39, 0.29) is 23.0 Å². The Hall–Kier alpha value is -1.71. The van der Waals surface area contributed by atoms with Crippen molar-refractivity contribution in [2.24, 2.45) is 0 Å². The second-order valence-corrected chi connectivity index (χ2v) is 6.25. The lowest BCUT2D eigenvalue weighted by atomic mass is 10.3. The molecule has 1 aromatic carbocycles. The summed E-state index contributed by atoms with van der Waals surface area (Å²) >= 11 is 0.839. The molecule has 2 rings (SSSR count). The fourth-order valence-corrected chi connectivity index (χ4v) is 3.24. The molecular formula is C11H8ClF2NO4S2. The van der Waals surface area contributed by atoms with E-state index in [4.69, 9.17) is 5.11 Å². The summed E-state index contributed by atoms with van der Waals surface area (Å²) in [6.07, 6.45) is 0. The van der Waals surface area contributed by atoms with Gasteiger partial charge in [-0.1, -0.05) is 0 Å². The third-order valence-electron chi connectivity index (χ3n) is 2.31. The summed E-state index contributed by atoms with van der Waals surface area (Å²) in [7, 11) is -4.19. The van der Waals surface area contributed by atoms with E-state index < -0.39 is 32.5 Å². The standard InChI is InChI=1S/C11H7F2NO4S2.ClH/c12-7-2-1-6(5-8(7)13)20(17,18)14-9-3-4-19-10(9)11(15)16;/h1-5,14H,(H,15,16);1H. The van der Waals surface area contributed by atoms with E-state index in [9.17, 15) is 22.0 Å². The third-order valence-corrected chi connectivity index (χ3v) is 4.57. The van der Waals surface area contributed by atoms with Gasteiger partial charge in [-0.25, -0.2) is 22.0 Å². The highest BCUT2D eigenvalue weighted by molar-refractivity contribution is 7.92. The van der Waals surface area contributed by atoms with Gasteiger partial charge in [0, 0.05) is 0 Å². The molecule has 5 nitrogen and oxygen atoms in total. The van der Waals surface area contributed by atoms with Crippen LogP contribution < -0.4 is 4.72 Å². The van der Waals surface area contributed by atoms with Crippen molar-refractivity contribution in [2.45, 2.75) is 4.90 Å². The van der Waals surface area contributed by atoms with Crippen molar-refractivity contribution in [2.75, 3.05) is 4.72 Å². The van der Waals surface area contributed by atoms with Crippen molar-refractivity contribution in [1.82, 2.24) is 0 Å². The van der Waals surface area contributed by atoms with Gasteiger partial charge in [-0.15, -0.1) is 23.7 Å². The Morgan fingerprint density at radius 1 is 1.19 bits per heavy atom. The summed E-state index contributed by atoms with van der Waals surface area (Å²) in [6.45, 7) is 0. The van der Waals surface area contributed by atoms with Crippen molar-refractivity contribution >= 4 is 45.4 Å². The van der Waals surface area contributed by atoms with Gasteiger partial charge in [0.25, 0.3) is 10.0 Å². The molecule has 0 spiro atoms. The van der Waals surface area contributed by atoms with Crippen LogP contribution in [0.15, 0.2) is 34.5 Å². The SMILES string of the molecule is Cl.O=C(O)c1sccc1NS(=O)(=O)c1ccc(F)c(F)c1. The van der Waals surface area contributed by atoms with Crippen LogP contribution in [0.3, 0.4) is 0 Å². The van der Waals surface area contributed by atoms with Gasteiger partial charge in [-0.3, -0.25) is 4.72 Å². The fraction of sp³-hybridized carbons (Fsp3) is 0. The van der Waals surface area contributed by atoms with Gasteiger partial charge >= 0.3 is 5.97 Å². The number of aromatic carboxylic acids is 1. The summed E-state index contributed by atoms with van der Waals surface area (Å²) in [5.41, 5.74) is -0.132. The number of carbonyl (C=O) groups is 1. The van der Waals surface area contributed by atoms with Gasteiger partial charge < -0.3 is 5.11 Å². The van der Waals surface area contributed by atoms with Gasteiger partial charge in [-0.05, 0) is 29.6 Å². The van der Waals surface area contributed by atoms with Crippen LogP contribution in [0.2, 0.25) is 0 Å². The molecule has 0 saturated carbocycles. The molecule has 0 saturated heterocycles. The number of halogens is 3. The zero-order valence-electron chi connectivity index (χ0n) is 10.0. The summed E-state index contributed by atoms with van der Waals surface area (Å²) in [4.78, 5) is 10.2. The first-order chi connectivity index (χ1) is 9.31. The van der Waals surface area contributed by atoms with Gasteiger partial charge in [0.05, 0.1) is 10.6 Å². The molecule has 2 aromatic rings. The van der Waals surface area contributed by atoms with Crippen LogP contribution in [0.25, 0.3) is 0 Å². The molecule has 21 heavy (non-hydrogen) atoms. The zero-order valence-corrected chi connectivity index (χ0v) is 12.5. The highest BCUT2D eigenvalue weighted by Crippen LogP contribution is 2.25. The van der Waals surface area contributed by atoms with Gasteiger partial charge in [0.2, 0.25) is 0 Å². The molecule has 0 radical (unpaired) electrons. The number of carboxylic acids is 1. The molecule has 1 aromatic heterocycles. The molecule has 0 fully saturated rings. The van der Waals surface area contributed by atoms with Crippen molar-refractivity contribution < 1.29 is 27.1 Å². The molecule has 0 bridgehead atoms. The molecule has 2 N–H and O–H groups in total. The third kappa shape index (κ3) is 3.69. The maximum absolute atomic E-state index is 13.0. The Labute approximate surface area is 128 Å². The quantitative estimate of drug-likeness (QED) is 0.883. The number of rotatable bonds is 4. The molecule has 1 heterocycles. The van der Waals surface area contributed by atoms with Gasteiger partial charge in [0.1, 0.15) is 4.88 Å². The van der Waals surface area contributed by atoms with E-state index in [1.165, 1.54) is 11.4 Å². The van der Waals surface area contributed by atoms with Crippen LogP contribution in [0.5, 0.6) is 0 Å². The topological polar surface area (TPSA) is 83.5 Å². The summed E-state index contributed by atoms with van der Waals surface area (Å²) in [6, 6.07) is 3.35. The minimum absolute atomic E-state index is 0. The van der Waals surface area contributed by atoms with E-state index in [1.807, 2.05) is 4.72 Å². The smallest absolute Gasteiger partial charge is 0.348 e. The second kappa shape index (κ2) is 6.37. The number of anilines is 1. The minimum Gasteiger partial charge on any atom is -0.477 e. The molecule has 0 unspecified atom stereocenters. The maximum atomic E-state index is 13.0. The van der Waals surface area contributed by atoms with Crippen LogP contribution in [0.1, 0.15) is 9.67 Å². The molecular weight excluding hydrogens is 348 g/mol. The van der Waals surface area contributed by atoms with Crippen molar-refractivity contribution in [1.29, 1.82) is 0 Å². The number of carboxylic acid groups (broad SMARTS) is 1. The highest BCUT2D eigenvalue weighted by Gasteiger charge is 2.20. The van der Waals surface area contributed by atoms with Crippen molar-refractivity contribution in [3.05, 3.63) is 46.2 Å². The fourth-order valence-electron chi connectivity index (χ4n) is 1.40. The number of hydrogen-bond acceptors (Lipinski definition) is 4. The number of sulfonamides is 1. The highest BCUT2D eigenvalue weighted by atomic mass is 35.5. The Morgan fingerprint density at radius 2 is 1.86 bits per heavy atom. The number of hydrogen-bond donors (Lipinski definition) is 2. The first kappa shape index (κ1) is 17.3. The molecule has 0 amide bonds. The average molecular weight is 356 g/mol.